The lowest BCUT2D eigenvalue weighted by atomic mass is 10.1. The molecule has 0 radical (unpaired) electrons. The quantitative estimate of drug-likeness (QED) is 0.827. The number of ether oxygens (including phenoxy) is 1. The molecule has 140 valence electrons. The van der Waals surface area contributed by atoms with Crippen molar-refractivity contribution in [3.63, 3.8) is 0 Å². The number of hydrogen-bond donors (Lipinski definition) is 1. The standard InChI is InChI=1S/C20H28N4O2/c1-16-4-3-5-19(12-16)24-15-18(14-22-24)13-21-20(25)7-6-17(2)23-8-10-26-11-9-23/h3-5,12,14-15,17H,6-11,13H2,1-2H3,(H,21,25)/t17-/m1/s1. The van der Waals surface area contributed by atoms with Crippen molar-refractivity contribution < 1.29 is 9.53 Å². The fourth-order valence-corrected chi connectivity index (χ4v) is 3.19. The lowest BCUT2D eigenvalue weighted by Gasteiger charge is -2.32. The maximum atomic E-state index is 12.1. The Balaban J connectivity index is 1.43. The van der Waals surface area contributed by atoms with Gasteiger partial charge in [-0.25, -0.2) is 4.68 Å². The summed E-state index contributed by atoms with van der Waals surface area (Å²) in [6, 6.07) is 8.60. The van der Waals surface area contributed by atoms with Crippen LogP contribution in [0.2, 0.25) is 0 Å². The Kier molecular flexibility index (Phi) is 6.41. The van der Waals surface area contributed by atoms with Crippen molar-refractivity contribution in [3.8, 4) is 5.69 Å². The van der Waals surface area contributed by atoms with Crippen LogP contribution in [0.3, 0.4) is 0 Å². The maximum Gasteiger partial charge on any atom is 0.220 e. The van der Waals surface area contributed by atoms with Crippen molar-refractivity contribution >= 4 is 5.91 Å². The van der Waals surface area contributed by atoms with Crippen LogP contribution >= 0.6 is 0 Å². The number of nitrogens with zero attached hydrogens (tertiary/aromatic N) is 3. The second-order valence-corrected chi connectivity index (χ2v) is 6.94. The number of aryl methyl sites for hydroxylation is 1. The monoisotopic (exact) mass is 356 g/mol. The Morgan fingerprint density at radius 3 is 2.92 bits per heavy atom. The van der Waals surface area contributed by atoms with E-state index in [1.807, 2.05) is 23.0 Å². The van der Waals surface area contributed by atoms with E-state index in [1.165, 1.54) is 5.56 Å². The highest BCUT2D eigenvalue weighted by Gasteiger charge is 2.17. The van der Waals surface area contributed by atoms with Crippen molar-refractivity contribution in [1.82, 2.24) is 20.0 Å². The van der Waals surface area contributed by atoms with E-state index in [1.54, 1.807) is 6.20 Å². The van der Waals surface area contributed by atoms with Gasteiger partial charge in [0.05, 0.1) is 25.1 Å². The van der Waals surface area contributed by atoms with E-state index in [-0.39, 0.29) is 5.91 Å². The number of amides is 1. The van der Waals surface area contributed by atoms with Gasteiger partial charge >= 0.3 is 0 Å². The van der Waals surface area contributed by atoms with Crippen LogP contribution in [0.5, 0.6) is 0 Å². The Labute approximate surface area is 155 Å². The van der Waals surface area contributed by atoms with Crippen LogP contribution in [0, 0.1) is 6.92 Å². The maximum absolute atomic E-state index is 12.1. The minimum absolute atomic E-state index is 0.0911. The topological polar surface area (TPSA) is 59.4 Å². The molecule has 3 rings (SSSR count). The third-order valence-corrected chi connectivity index (χ3v) is 4.85. The lowest BCUT2D eigenvalue weighted by Crippen LogP contribution is -2.42. The molecule has 6 nitrogen and oxygen atoms in total. The smallest absolute Gasteiger partial charge is 0.220 e. The van der Waals surface area contributed by atoms with Gasteiger partial charge in [-0.2, -0.15) is 5.10 Å². The van der Waals surface area contributed by atoms with E-state index < -0.39 is 0 Å². The van der Waals surface area contributed by atoms with E-state index in [9.17, 15) is 4.79 Å². The SMILES string of the molecule is Cc1cccc(-n2cc(CNC(=O)CC[C@@H](C)N3CCOCC3)cn2)c1. The van der Waals surface area contributed by atoms with E-state index in [4.69, 9.17) is 4.74 Å². The second-order valence-electron chi connectivity index (χ2n) is 6.94. The number of benzene rings is 1. The number of aromatic nitrogens is 2. The Bertz CT molecular complexity index is 722. The number of morpholine rings is 1. The van der Waals surface area contributed by atoms with Gasteiger partial charge < -0.3 is 10.1 Å². The highest BCUT2D eigenvalue weighted by atomic mass is 16.5. The predicted octanol–water partition coefficient (Wildman–Crippen LogP) is 2.30. The average molecular weight is 356 g/mol. The second kappa shape index (κ2) is 8.96. The van der Waals surface area contributed by atoms with Gasteiger partial charge in [-0.3, -0.25) is 9.69 Å². The normalized spacial score (nSPS) is 16.4. The van der Waals surface area contributed by atoms with E-state index in [0.29, 0.717) is 19.0 Å². The third-order valence-electron chi connectivity index (χ3n) is 4.85. The molecule has 1 aliphatic rings. The summed E-state index contributed by atoms with van der Waals surface area (Å²) in [6.45, 7) is 8.26. The fraction of sp³-hybridized carbons (Fsp3) is 0.500. The van der Waals surface area contributed by atoms with Gasteiger partial charge in [0.2, 0.25) is 5.91 Å². The number of nitrogens with one attached hydrogen (secondary N) is 1. The largest absolute Gasteiger partial charge is 0.379 e. The van der Waals surface area contributed by atoms with Crippen LogP contribution in [0.1, 0.15) is 30.9 Å². The number of rotatable bonds is 7. The minimum atomic E-state index is 0.0911. The molecule has 1 atom stereocenters. The molecule has 1 amide bonds. The average Bonchev–Trinajstić information content (AvgIpc) is 3.14. The molecule has 26 heavy (non-hydrogen) atoms. The highest BCUT2D eigenvalue weighted by molar-refractivity contribution is 5.75. The summed E-state index contributed by atoms with van der Waals surface area (Å²) in [7, 11) is 0. The van der Waals surface area contributed by atoms with Gasteiger partial charge in [-0.1, -0.05) is 12.1 Å². The Morgan fingerprint density at radius 2 is 2.15 bits per heavy atom. The highest BCUT2D eigenvalue weighted by Crippen LogP contribution is 2.11. The number of carbonyl (C=O) groups is 1. The van der Waals surface area contributed by atoms with Gasteiger partial charge in [0.25, 0.3) is 0 Å². The first-order valence-corrected chi connectivity index (χ1v) is 9.31. The molecule has 1 fully saturated rings. The summed E-state index contributed by atoms with van der Waals surface area (Å²) in [4.78, 5) is 14.5. The van der Waals surface area contributed by atoms with E-state index in [0.717, 1.165) is 44.0 Å². The molecule has 0 unspecified atom stereocenters. The van der Waals surface area contributed by atoms with Crippen LogP contribution < -0.4 is 5.32 Å². The molecule has 1 saturated heterocycles. The number of hydrogen-bond acceptors (Lipinski definition) is 4. The zero-order chi connectivity index (χ0) is 18.4. The summed E-state index contributed by atoms with van der Waals surface area (Å²) >= 11 is 0. The van der Waals surface area contributed by atoms with Gasteiger partial charge in [0.15, 0.2) is 0 Å². The zero-order valence-corrected chi connectivity index (χ0v) is 15.6. The van der Waals surface area contributed by atoms with E-state index >= 15 is 0 Å². The van der Waals surface area contributed by atoms with Gasteiger partial charge in [0, 0.05) is 43.9 Å². The van der Waals surface area contributed by atoms with Crippen LogP contribution in [-0.2, 0) is 16.1 Å². The molecule has 0 saturated carbocycles. The van der Waals surface area contributed by atoms with Crippen molar-refractivity contribution in [2.24, 2.45) is 0 Å². The summed E-state index contributed by atoms with van der Waals surface area (Å²) in [5.41, 5.74) is 3.23. The third kappa shape index (κ3) is 5.16. The van der Waals surface area contributed by atoms with Gasteiger partial charge in [-0.15, -0.1) is 0 Å². The summed E-state index contributed by atoms with van der Waals surface area (Å²) in [5.74, 6) is 0.0911. The number of carbonyl (C=O) groups excluding carboxylic acids is 1. The fourth-order valence-electron chi connectivity index (χ4n) is 3.19. The van der Waals surface area contributed by atoms with Crippen LogP contribution in [0.15, 0.2) is 36.7 Å². The van der Waals surface area contributed by atoms with Crippen LogP contribution in [-0.4, -0.2) is 52.9 Å². The van der Waals surface area contributed by atoms with Crippen molar-refractivity contribution in [2.75, 3.05) is 26.3 Å². The molecule has 1 aromatic carbocycles. The lowest BCUT2D eigenvalue weighted by molar-refractivity contribution is -0.121. The molecule has 0 bridgehead atoms. The molecule has 6 heteroatoms. The molecular formula is C20H28N4O2. The summed E-state index contributed by atoms with van der Waals surface area (Å²) < 4.78 is 7.22. The Hall–Kier alpha value is -2.18. The molecule has 0 spiro atoms. The van der Waals surface area contributed by atoms with Crippen molar-refractivity contribution in [2.45, 2.75) is 39.3 Å². The van der Waals surface area contributed by atoms with Crippen LogP contribution in [0.25, 0.3) is 5.69 Å². The first-order valence-electron chi connectivity index (χ1n) is 9.31. The van der Waals surface area contributed by atoms with Crippen LogP contribution in [0.4, 0.5) is 0 Å². The van der Waals surface area contributed by atoms with E-state index in [2.05, 4.69) is 41.3 Å². The predicted molar refractivity (Wildman–Crippen MR) is 101 cm³/mol. The Morgan fingerprint density at radius 1 is 1.35 bits per heavy atom. The zero-order valence-electron chi connectivity index (χ0n) is 15.6. The minimum Gasteiger partial charge on any atom is -0.379 e. The molecule has 0 aliphatic carbocycles. The van der Waals surface area contributed by atoms with Gasteiger partial charge in [-0.05, 0) is 38.0 Å². The molecular weight excluding hydrogens is 328 g/mol. The summed E-state index contributed by atoms with van der Waals surface area (Å²) in [6.07, 6.45) is 5.18. The van der Waals surface area contributed by atoms with Crippen molar-refractivity contribution in [1.29, 1.82) is 0 Å². The first kappa shape index (κ1) is 18.6. The first-order chi connectivity index (χ1) is 12.6. The van der Waals surface area contributed by atoms with Gasteiger partial charge in [0.1, 0.15) is 0 Å². The van der Waals surface area contributed by atoms with Crippen molar-refractivity contribution in [3.05, 3.63) is 47.8 Å². The molecule has 1 N–H and O–H groups in total. The molecule has 1 aliphatic heterocycles. The molecule has 2 aromatic rings. The molecule has 1 aromatic heterocycles. The summed E-state index contributed by atoms with van der Waals surface area (Å²) in [5, 5.41) is 7.39. The molecule has 2 heterocycles.